The molecule has 60 heavy (non-hydrogen) atoms. The highest BCUT2D eigenvalue weighted by molar-refractivity contribution is 5.46. The van der Waals surface area contributed by atoms with E-state index >= 15 is 0 Å². The normalized spacial score (nSPS) is 17.1. The standard InChI is InChI=1S/C50H74O8.CH5N/c1-34(38-16-18-39(19-17-38)41-26-42(28-51-2)48(40-20-21-40)43(27-41)29-52-3)37(14-10-12-35-22-44(30-53-4)49(57-8)45(23-35)31-54-5)15-11-13-36-24-46(32-55-6)50(58-9)47(25-36)33-56-7;1-2/h22-27,34,37-40H,10-21,28-33H2,1-9H3;2H2,1H3. The van der Waals surface area contributed by atoms with Crippen LogP contribution in [0.2, 0.25) is 0 Å². The van der Waals surface area contributed by atoms with Crippen molar-refractivity contribution in [2.24, 2.45) is 23.5 Å². The van der Waals surface area contributed by atoms with Crippen molar-refractivity contribution in [3.05, 3.63) is 92.0 Å². The van der Waals surface area contributed by atoms with Gasteiger partial charge in [0.15, 0.2) is 0 Å². The molecule has 0 radical (unpaired) electrons. The van der Waals surface area contributed by atoms with Crippen LogP contribution in [-0.4, -0.2) is 63.9 Å². The number of methoxy groups -OCH3 is 8. The van der Waals surface area contributed by atoms with Gasteiger partial charge < -0.3 is 43.6 Å². The molecule has 2 saturated carbocycles. The van der Waals surface area contributed by atoms with Crippen LogP contribution >= 0.6 is 0 Å². The highest BCUT2D eigenvalue weighted by atomic mass is 16.5. The number of rotatable bonds is 26. The maximum absolute atomic E-state index is 5.81. The summed E-state index contributed by atoms with van der Waals surface area (Å²) in [5, 5.41) is 0. The van der Waals surface area contributed by atoms with Gasteiger partial charge >= 0.3 is 0 Å². The minimum absolute atomic E-state index is 0.520. The van der Waals surface area contributed by atoms with Gasteiger partial charge in [-0.1, -0.05) is 19.1 Å². The van der Waals surface area contributed by atoms with Crippen molar-refractivity contribution >= 4 is 0 Å². The summed E-state index contributed by atoms with van der Waals surface area (Å²) in [5.74, 6) is 5.04. The maximum atomic E-state index is 5.81. The largest absolute Gasteiger partial charge is 0.496 e. The van der Waals surface area contributed by atoms with E-state index < -0.39 is 0 Å². The summed E-state index contributed by atoms with van der Waals surface area (Å²) in [6.07, 6.45) is 14.4. The Morgan fingerprint density at radius 3 is 1.17 bits per heavy atom. The van der Waals surface area contributed by atoms with E-state index in [2.05, 4.69) is 49.1 Å². The summed E-state index contributed by atoms with van der Waals surface area (Å²) in [6, 6.07) is 14.1. The molecule has 3 aromatic rings. The topological polar surface area (TPSA) is 99.9 Å². The van der Waals surface area contributed by atoms with Gasteiger partial charge in [0, 0.05) is 64.9 Å². The Bertz CT molecular complexity index is 1540. The SMILES string of the molecule is CN.COCc1cc(CCCC(CCCc2cc(COC)c(OC)c(COC)c2)C(C)C2CCC(c3cc(COC)c(C4CC4)c(COC)c3)CC2)cc(COC)c1OC. The van der Waals surface area contributed by atoms with E-state index in [1.807, 2.05) is 14.2 Å². The minimum Gasteiger partial charge on any atom is -0.496 e. The monoisotopic (exact) mass is 834 g/mol. The Labute approximate surface area is 363 Å². The zero-order valence-electron chi connectivity index (χ0n) is 38.9. The van der Waals surface area contributed by atoms with Crippen LogP contribution < -0.4 is 15.2 Å². The number of nitrogens with two attached hydrogens (primary N) is 1. The average molecular weight is 834 g/mol. The minimum atomic E-state index is 0.520. The van der Waals surface area contributed by atoms with Crippen molar-refractivity contribution in [2.45, 2.75) is 135 Å². The molecule has 2 N–H and O–H groups in total. The van der Waals surface area contributed by atoms with E-state index in [0.29, 0.717) is 63.3 Å². The van der Waals surface area contributed by atoms with Crippen molar-refractivity contribution < 1.29 is 37.9 Å². The molecule has 1 unspecified atom stereocenters. The van der Waals surface area contributed by atoms with E-state index in [1.165, 1.54) is 91.8 Å². The molecule has 1 atom stereocenters. The fourth-order valence-electron chi connectivity index (χ4n) is 10.2. The summed E-state index contributed by atoms with van der Waals surface area (Å²) >= 11 is 0. The lowest BCUT2D eigenvalue weighted by atomic mass is 9.68. The summed E-state index contributed by atoms with van der Waals surface area (Å²) in [6.45, 7) is 6.00. The maximum Gasteiger partial charge on any atom is 0.129 e. The van der Waals surface area contributed by atoms with Gasteiger partial charge in [0.25, 0.3) is 0 Å². The molecule has 9 heteroatoms. The Hall–Kier alpha value is -3.02. The van der Waals surface area contributed by atoms with Crippen LogP contribution in [-0.2, 0) is 80.9 Å². The first-order valence-electron chi connectivity index (χ1n) is 22.4. The van der Waals surface area contributed by atoms with Crippen molar-refractivity contribution in [1.29, 1.82) is 0 Å². The van der Waals surface area contributed by atoms with Crippen LogP contribution in [0.3, 0.4) is 0 Å². The predicted octanol–water partition coefficient (Wildman–Crippen LogP) is 10.6. The molecular weight excluding hydrogens is 755 g/mol. The zero-order valence-corrected chi connectivity index (χ0v) is 38.9. The molecular formula is C51H79NO8. The Balaban J connectivity index is 0.00000391. The first kappa shape index (κ1) is 49.6. The molecule has 0 heterocycles. The predicted molar refractivity (Wildman–Crippen MR) is 242 cm³/mol. The molecule has 0 aromatic heterocycles. The first-order chi connectivity index (χ1) is 29.3. The average Bonchev–Trinajstić information content (AvgIpc) is 4.10. The van der Waals surface area contributed by atoms with Gasteiger partial charge in [-0.3, -0.25) is 0 Å². The lowest BCUT2D eigenvalue weighted by Crippen LogP contribution is -2.26. The molecule has 0 spiro atoms. The number of hydrogen-bond acceptors (Lipinski definition) is 9. The molecule has 336 valence electrons. The molecule has 0 saturated heterocycles. The molecule has 2 aliphatic rings. The van der Waals surface area contributed by atoms with Crippen LogP contribution in [0.5, 0.6) is 11.5 Å². The number of benzene rings is 3. The molecule has 3 aromatic carbocycles. The van der Waals surface area contributed by atoms with Gasteiger partial charge in [0.2, 0.25) is 0 Å². The summed E-state index contributed by atoms with van der Waals surface area (Å²) in [4.78, 5) is 0. The third-order valence-electron chi connectivity index (χ3n) is 13.0. The third-order valence-corrected chi connectivity index (χ3v) is 13.0. The molecule has 9 nitrogen and oxygen atoms in total. The molecule has 0 amide bonds. The van der Waals surface area contributed by atoms with Gasteiger partial charge in [-0.2, -0.15) is 0 Å². The van der Waals surface area contributed by atoms with E-state index in [-0.39, 0.29) is 0 Å². The smallest absolute Gasteiger partial charge is 0.129 e. The Kier molecular flexibility index (Phi) is 21.9. The number of hydrogen-bond donors (Lipinski definition) is 1. The van der Waals surface area contributed by atoms with Gasteiger partial charge in [-0.05, 0) is 171 Å². The zero-order chi connectivity index (χ0) is 43.4. The highest BCUT2D eigenvalue weighted by Crippen LogP contribution is 2.47. The van der Waals surface area contributed by atoms with Crippen LogP contribution in [0, 0.1) is 17.8 Å². The number of ether oxygens (including phenoxy) is 8. The molecule has 0 aliphatic heterocycles. The Morgan fingerprint density at radius 2 is 0.833 bits per heavy atom. The van der Waals surface area contributed by atoms with Crippen molar-refractivity contribution in [3.63, 3.8) is 0 Å². The second kappa shape index (κ2) is 26.5. The van der Waals surface area contributed by atoms with E-state index in [0.717, 1.165) is 65.4 Å². The van der Waals surface area contributed by atoms with E-state index in [4.69, 9.17) is 37.9 Å². The van der Waals surface area contributed by atoms with Gasteiger partial charge in [0.1, 0.15) is 11.5 Å². The Morgan fingerprint density at radius 1 is 0.483 bits per heavy atom. The molecule has 0 bridgehead atoms. The van der Waals surface area contributed by atoms with E-state index in [9.17, 15) is 0 Å². The van der Waals surface area contributed by atoms with Crippen LogP contribution in [0.15, 0.2) is 36.4 Å². The van der Waals surface area contributed by atoms with Crippen molar-refractivity contribution in [2.75, 3.05) is 63.9 Å². The van der Waals surface area contributed by atoms with Crippen LogP contribution in [0.25, 0.3) is 0 Å². The summed E-state index contributed by atoms with van der Waals surface area (Å²) < 4.78 is 45.3. The fourth-order valence-corrected chi connectivity index (χ4v) is 10.2. The van der Waals surface area contributed by atoms with Gasteiger partial charge in [0.05, 0.1) is 53.9 Å². The quantitative estimate of drug-likeness (QED) is 0.0847. The molecule has 5 rings (SSSR count). The second-order valence-electron chi connectivity index (χ2n) is 17.0. The van der Waals surface area contributed by atoms with Gasteiger partial charge in [-0.25, -0.2) is 0 Å². The lowest BCUT2D eigenvalue weighted by molar-refractivity contribution is 0.165. The first-order valence-corrected chi connectivity index (χ1v) is 22.4. The number of aryl methyl sites for hydroxylation is 2. The third kappa shape index (κ3) is 13.7. The lowest BCUT2D eigenvalue weighted by Gasteiger charge is -2.37. The van der Waals surface area contributed by atoms with Crippen LogP contribution in [0.1, 0.15) is 139 Å². The van der Waals surface area contributed by atoms with Gasteiger partial charge in [-0.15, -0.1) is 0 Å². The van der Waals surface area contributed by atoms with Crippen molar-refractivity contribution in [3.8, 4) is 11.5 Å². The summed E-state index contributed by atoms with van der Waals surface area (Å²) in [5.41, 5.74) is 17.2. The molecule has 2 aliphatic carbocycles. The fraction of sp³-hybridized carbons (Fsp3) is 0.647. The second-order valence-corrected chi connectivity index (χ2v) is 17.0. The van der Waals surface area contributed by atoms with Crippen LogP contribution in [0.4, 0.5) is 0 Å². The summed E-state index contributed by atoms with van der Waals surface area (Å²) in [7, 11) is 15.6. The molecule has 2 fully saturated rings. The van der Waals surface area contributed by atoms with E-state index in [1.54, 1.807) is 42.7 Å². The van der Waals surface area contributed by atoms with Crippen molar-refractivity contribution in [1.82, 2.24) is 0 Å². The highest BCUT2D eigenvalue weighted by Gasteiger charge is 2.33.